The summed E-state index contributed by atoms with van der Waals surface area (Å²) in [4.78, 5) is 0. The maximum Gasteiger partial charge on any atom is 0.120 e. The van der Waals surface area contributed by atoms with Crippen LogP contribution in [0.2, 0.25) is 0 Å². The second-order valence-corrected chi connectivity index (χ2v) is 3.36. The van der Waals surface area contributed by atoms with Gasteiger partial charge in [-0.05, 0) is 41.4 Å². The highest BCUT2D eigenvalue weighted by atomic mass is 79.9. The lowest BCUT2D eigenvalue weighted by molar-refractivity contribution is 0.471. The Morgan fingerprint density at radius 3 is 2.55 bits per heavy atom. The van der Waals surface area contributed by atoms with E-state index >= 15 is 0 Å². The van der Waals surface area contributed by atoms with Crippen LogP contribution in [0.3, 0.4) is 0 Å². The number of nitrogen functional groups attached to an aromatic ring is 1. The lowest BCUT2D eigenvalue weighted by Gasteiger charge is -2.07. The molecule has 1 aromatic carbocycles. The summed E-state index contributed by atoms with van der Waals surface area (Å²) < 4.78 is 0.868. The SMILES string of the molecule is Cc1cc(O)c(C)c(N)c1Br. The van der Waals surface area contributed by atoms with E-state index in [4.69, 9.17) is 5.73 Å². The quantitative estimate of drug-likeness (QED) is 0.654. The van der Waals surface area contributed by atoms with Gasteiger partial charge in [-0.25, -0.2) is 0 Å². The Bertz CT molecular complexity index is 270. The van der Waals surface area contributed by atoms with Gasteiger partial charge in [-0.1, -0.05) is 0 Å². The first-order valence-corrected chi connectivity index (χ1v) is 4.07. The zero-order valence-electron chi connectivity index (χ0n) is 6.48. The molecule has 0 amide bonds. The monoisotopic (exact) mass is 215 g/mol. The van der Waals surface area contributed by atoms with E-state index in [1.807, 2.05) is 6.92 Å². The summed E-state index contributed by atoms with van der Waals surface area (Å²) >= 11 is 3.33. The molecule has 3 N–H and O–H groups in total. The molecule has 0 aliphatic rings. The van der Waals surface area contributed by atoms with Crippen molar-refractivity contribution < 1.29 is 5.11 Å². The van der Waals surface area contributed by atoms with Gasteiger partial charge >= 0.3 is 0 Å². The highest BCUT2D eigenvalue weighted by Gasteiger charge is 2.06. The topological polar surface area (TPSA) is 46.2 Å². The number of phenolic OH excluding ortho intramolecular Hbond substituents is 1. The first-order chi connectivity index (χ1) is 5.04. The van der Waals surface area contributed by atoms with Crippen LogP contribution in [-0.4, -0.2) is 5.11 Å². The van der Waals surface area contributed by atoms with Crippen LogP contribution in [0, 0.1) is 13.8 Å². The van der Waals surface area contributed by atoms with E-state index in [2.05, 4.69) is 15.9 Å². The molecule has 3 heteroatoms. The summed E-state index contributed by atoms with van der Waals surface area (Å²) in [7, 11) is 0. The van der Waals surface area contributed by atoms with Crippen molar-refractivity contribution in [2.45, 2.75) is 13.8 Å². The lowest BCUT2D eigenvalue weighted by atomic mass is 10.1. The first kappa shape index (κ1) is 8.40. The van der Waals surface area contributed by atoms with Gasteiger partial charge in [0.2, 0.25) is 0 Å². The van der Waals surface area contributed by atoms with Crippen LogP contribution in [0.25, 0.3) is 0 Å². The average molecular weight is 216 g/mol. The number of aromatic hydroxyl groups is 1. The van der Waals surface area contributed by atoms with Gasteiger partial charge in [0, 0.05) is 10.0 Å². The standard InChI is InChI=1S/C8H10BrNO/c1-4-3-6(11)5(2)8(10)7(4)9/h3,11H,10H2,1-2H3. The number of aryl methyl sites for hydroxylation is 1. The van der Waals surface area contributed by atoms with Crippen LogP contribution in [0.5, 0.6) is 5.75 Å². The number of hydrogen-bond donors (Lipinski definition) is 2. The molecule has 0 saturated carbocycles. The number of phenols is 1. The van der Waals surface area contributed by atoms with E-state index < -0.39 is 0 Å². The molecule has 0 bridgehead atoms. The van der Waals surface area contributed by atoms with Gasteiger partial charge in [-0.2, -0.15) is 0 Å². The molecular weight excluding hydrogens is 206 g/mol. The number of halogens is 1. The molecular formula is C8H10BrNO. The van der Waals surface area contributed by atoms with E-state index in [0.717, 1.165) is 15.6 Å². The molecule has 1 aromatic rings. The summed E-state index contributed by atoms with van der Waals surface area (Å²) in [5, 5.41) is 9.30. The second-order valence-electron chi connectivity index (χ2n) is 2.57. The van der Waals surface area contributed by atoms with Crippen molar-refractivity contribution in [3.63, 3.8) is 0 Å². The van der Waals surface area contributed by atoms with Gasteiger partial charge in [0.25, 0.3) is 0 Å². The zero-order valence-corrected chi connectivity index (χ0v) is 8.07. The molecule has 0 fully saturated rings. The van der Waals surface area contributed by atoms with Crippen LogP contribution in [-0.2, 0) is 0 Å². The van der Waals surface area contributed by atoms with E-state index in [0.29, 0.717) is 5.69 Å². The smallest absolute Gasteiger partial charge is 0.120 e. The minimum atomic E-state index is 0.253. The second kappa shape index (κ2) is 2.74. The third kappa shape index (κ3) is 1.33. The average Bonchev–Trinajstić information content (AvgIpc) is 1.97. The maximum absolute atomic E-state index is 9.30. The summed E-state index contributed by atoms with van der Waals surface area (Å²) in [5.74, 6) is 0.253. The van der Waals surface area contributed by atoms with E-state index in [-0.39, 0.29) is 5.75 Å². The Kier molecular flexibility index (Phi) is 2.09. The summed E-state index contributed by atoms with van der Waals surface area (Å²) in [6, 6.07) is 1.69. The molecule has 0 aliphatic carbocycles. The van der Waals surface area contributed by atoms with Gasteiger partial charge < -0.3 is 10.8 Å². The van der Waals surface area contributed by atoms with Crippen LogP contribution >= 0.6 is 15.9 Å². The van der Waals surface area contributed by atoms with E-state index in [1.165, 1.54) is 0 Å². The largest absolute Gasteiger partial charge is 0.508 e. The molecule has 60 valence electrons. The minimum absolute atomic E-state index is 0.253. The van der Waals surface area contributed by atoms with E-state index in [9.17, 15) is 5.11 Å². The van der Waals surface area contributed by atoms with Crippen molar-refractivity contribution in [3.8, 4) is 5.75 Å². The van der Waals surface area contributed by atoms with Gasteiger partial charge in [0.05, 0.1) is 5.69 Å². The van der Waals surface area contributed by atoms with Crippen LogP contribution < -0.4 is 5.73 Å². The molecule has 0 spiro atoms. The maximum atomic E-state index is 9.30. The lowest BCUT2D eigenvalue weighted by Crippen LogP contribution is -1.93. The summed E-state index contributed by atoms with van der Waals surface area (Å²) in [6.07, 6.45) is 0. The summed E-state index contributed by atoms with van der Waals surface area (Å²) in [6.45, 7) is 3.68. The third-order valence-corrected chi connectivity index (χ3v) is 2.78. The molecule has 0 saturated heterocycles. The van der Waals surface area contributed by atoms with Crippen molar-refractivity contribution in [2.75, 3.05) is 5.73 Å². The molecule has 0 aliphatic heterocycles. The van der Waals surface area contributed by atoms with Gasteiger partial charge in [0.1, 0.15) is 5.75 Å². The van der Waals surface area contributed by atoms with Crippen LogP contribution in [0.4, 0.5) is 5.69 Å². The number of benzene rings is 1. The fourth-order valence-electron chi connectivity index (χ4n) is 0.892. The normalized spacial score (nSPS) is 10.1. The highest BCUT2D eigenvalue weighted by molar-refractivity contribution is 9.10. The van der Waals surface area contributed by atoms with Gasteiger partial charge in [-0.3, -0.25) is 0 Å². The fourth-order valence-corrected chi connectivity index (χ4v) is 1.30. The Labute approximate surface area is 74.2 Å². The minimum Gasteiger partial charge on any atom is -0.508 e. The molecule has 0 atom stereocenters. The van der Waals surface area contributed by atoms with Crippen molar-refractivity contribution in [2.24, 2.45) is 0 Å². The van der Waals surface area contributed by atoms with Crippen molar-refractivity contribution >= 4 is 21.6 Å². The predicted molar refractivity (Wildman–Crippen MR) is 49.7 cm³/mol. The number of hydrogen-bond acceptors (Lipinski definition) is 2. The van der Waals surface area contributed by atoms with Crippen molar-refractivity contribution in [1.82, 2.24) is 0 Å². The Hall–Kier alpha value is -0.700. The Balaban J connectivity index is 3.46. The van der Waals surface area contributed by atoms with Crippen molar-refractivity contribution in [1.29, 1.82) is 0 Å². The summed E-state index contributed by atoms with van der Waals surface area (Å²) in [5.41, 5.74) is 7.96. The Morgan fingerprint density at radius 1 is 1.45 bits per heavy atom. The van der Waals surface area contributed by atoms with Crippen LogP contribution in [0.15, 0.2) is 10.5 Å². The van der Waals surface area contributed by atoms with Gasteiger partial charge in [0.15, 0.2) is 0 Å². The number of rotatable bonds is 0. The number of anilines is 1. The van der Waals surface area contributed by atoms with Gasteiger partial charge in [-0.15, -0.1) is 0 Å². The highest BCUT2D eigenvalue weighted by Crippen LogP contribution is 2.32. The zero-order chi connectivity index (χ0) is 8.59. The number of nitrogens with two attached hydrogens (primary N) is 1. The van der Waals surface area contributed by atoms with E-state index in [1.54, 1.807) is 13.0 Å². The molecule has 0 heterocycles. The Morgan fingerprint density at radius 2 is 2.00 bits per heavy atom. The molecule has 0 aromatic heterocycles. The predicted octanol–water partition coefficient (Wildman–Crippen LogP) is 2.35. The molecule has 2 nitrogen and oxygen atoms in total. The van der Waals surface area contributed by atoms with Crippen LogP contribution in [0.1, 0.15) is 11.1 Å². The molecule has 1 rings (SSSR count). The molecule has 0 unspecified atom stereocenters. The van der Waals surface area contributed by atoms with Crippen molar-refractivity contribution in [3.05, 3.63) is 21.7 Å². The molecule has 0 radical (unpaired) electrons. The fraction of sp³-hybridized carbons (Fsp3) is 0.250. The first-order valence-electron chi connectivity index (χ1n) is 3.28. The third-order valence-electron chi connectivity index (χ3n) is 1.72. The molecule has 11 heavy (non-hydrogen) atoms.